The molecule has 3 aromatic rings. The van der Waals surface area contributed by atoms with E-state index in [0.29, 0.717) is 11.8 Å². The van der Waals surface area contributed by atoms with Crippen molar-refractivity contribution in [3.63, 3.8) is 0 Å². The minimum Gasteiger partial charge on any atom is -0.298 e. The van der Waals surface area contributed by atoms with Crippen molar-refractivity contribution >= 4 is 27.4 Å². The van der Waals surface area contributed by atoms with Crippen LogP contribution in [0.5, 0.6) is 0 Å². The Morgan fingerprint density at radius 1 is 1.11 bits per heavy atom. The van der Waals surface area contributed by atoms with E-state index in [-0.39, 0.29) is 35.5 Å². The predicted octanol–water partition coefficient (Wildman–Crippen LogP) is 4.44. The Balaban J connectivity index is 1.53. The molecule has 0 spiro atoms. The van der Waals surface area contributed by atoms with Gasteiger partial charge in [-0.2, -0.15) is 17.5 Å². The fourth-order valence-electron chi connectivity index (χ4n) is 4.10. The predicted molar refractivity (Wildman–Crippen MR) is 125 cm³/mol. The third-order valence-electron chi connectivity index (χ3n) is 6.07. The standard InChI is InChI=1S/C23H19ClF5N5O3S/c1-12-17(26)7-19(34(12)38(36,37)21-5-3-15(25)10-31-21)20(35)4-2-13-6-18(30-11-16(13)24)14-8-32-22(33-9-14)23(27,28)29/h3,5-6,8-12,17,19H,2,4,7H2,1H3/t12-,17+,19-/m0/s1. The molecule has 0 aliphatic carbocycles. The summed E-state index contributed by atoms with van der Waals surface area (Å²) in [5.41, 5.74) is 0.786. The summed E-state index contributed by atoms with van der Waals surface area (Å²) in [6.07, 6.45) is -3.03. The molecule has 0 amide bonds. The Morgan fingerprint density at radius 3 is 2.39 bits per heavy atom. The molecule has 15 heteroatoms. The molecule has 0 radical (unpaired) electrons. The molecule has 38 heavy (non-hydrogen) atoms. The summed E-state index contributed by atoms with van der Waals surface area (Å²) in [7, 11) is -4.42. The van der Waals surface area contributed by atoms with Gasteiger partial charge in [-0.3, -0.25) is 9.78 Å². The van der Waals surface area contributed by atoms with Gasteiger partial charge in [0.2, 0.25) is 5.82 Å². The second-order valence-corrected chi connectivity index (χ2v) is 10.8. The number of aromatic nitrogens is 4. The molecule has 1 aliphatic rings. The molecule has 1 fully saturated rings. The minimum absolute atomic E-state index is 0.0131. The van der Waals surface area contributed by atoms with E-state index in [0.717, 1.165) is 28.8 Å². The summed E-state index contributed by atoms with van der Waals surface area (Å²) >= 11 is 6.19. The first-order chi connectivity index (χ1) is 17.8. The monoisotopic (exact) mass is 575 g/mol. The van der Waals surface area contributed by atoms with E-state index in [4.69, 9.17) is 11.6 Å². The molecule has 0 aromatic carbocycles. The van der Waals surface area contributed by atoms with Crippen LogP contribution in [0.4, 0.5) is 22.0 Å². The number of halogens is 6. The van der Waals surface area contributed by atoms with Crippen LogP contribution in [0, 0.1) is 5.82 Å². The summed E-state index contributed by atoms with van der Waals surface area (Å²) in [6, 6.07) is 0.813. The van der Waals surface area contributed by atoms with E-state index in [1.165, 1.54) is 19.2 Å². The van der Waals surface area contributed by atoms with Crippen molar-refractivity contribution in [2.45, 2.75) is 55.6 Å². The number of carbonyl (C=O) groups excluding carboxylic acids is 1. The number of nitrogens with zero attached hydrogens (tertiary/aromatic N) is 5. The van der Waals surface area contributed by atoms with E-state index < -0.39 is 56.9 Å². The molecular formula is C23H19ClF5N5O3S. The number of hydrogen-bond acceptors (Lipinski definition) is 7. The van der Waals surface area contributed by atoms with Crippen LogP contribution in [-0.4, -0.2) is 56.7 Å². The fourth-order valence-corrected chi connectivity index (χ4v) is 6.05. The van der Waals surface area contributed by atoms with Crippen LogP contribution in [-0.2, 0) is 27.4 Å². The lowest BCUT2D eigenvalue weighted by atomic mass is 10.0. The number of rotatable bonds is 7. The Hall–Kier alpha value is -3.10. The highest BCUT2D eigenvalue weighted by molar-refractivity contribution is 7.89. The first-order valence-electron chi connectivity index (χ1n) is 11.1. The van der Waals surface area contributed by atoms with Crippen LogP contribution in [0.2, 0.25) is 5.02 Å². The van der Waals surface area contributed by atoms with E-state index in [9.17, 15) is 35.2 Å². The Labute approximate surface area is 219 Å². The summed E-state index contributed by atoms with van der Waals surface area (Å²) in [5, 5.41) is -0.351. The van der Waals surface area contributed by atoms with E-state index in [2.05, 4.69) is 19.9 Å². The van der Waals surface area contributed by atoms with Crippen LogP contribution in [0.3, 0.4) is 0 Å². The maximum absolute atomic E-state index is 14.6. The maximum atomic E-state index is 14.6. The maximum Gasteiger partial charge on any atom is 0.451 e. The zero-order valence-electron chi connectivity index (χ0n) is 19.5. The summed E-state index contributed by atoms with van der Waals surface area (Å²) < 4.78 is 93.1. The average molecular weight is 576 g/mol. The fraction of sp³-hybridized carbons (Fsp3) is 0.348. The van der Waals surface area contributed by atoms with Crippen molar-refractivity contribution in [3.8, 4) is 11.3 Å². The quantitative estimate of drug-likeness (QED) is 0.384. The van der Waals surface area contributed by atoms with Crippen LogP contribution in [0.1, 0.15) is 31.2 Å². The van der Waals surface area contributed by atoms with Crippen LogP contribution in [0.25, 0.3) is 11.3 Å². The van der Waals surface area contributed by atoms with Gasteiger partial charge in [-0.1, -0.05) is 11.6 Å². The molecule has 0 bridgehead atoms. The van der Waals surface area contributed by atoms with Crippen molar-refractivity contribution in [1.29, 1.82) is 0 Å². The third kappa shape index (κ3) is 5.66. The Kier molecular flexibility index (Phi) is 7.77. The van der Waals surface area contributed by atoms with Gasteiger partial charge in [-0.25, -0.2) is 32.2 Å². The Morgan fingerprint density at radius 2 is 1.79 bits per heavy atom. The molecule has 4 rings (SSSR count). The molecule has 0 saturated carbocycles. The lowest BCUT2D eigenvalue weighted by Crippen LogP contribution is -2.45. The van der Waals surface area contributed by atoms with Gasteiger partial charge in [0.25, 0.3) is 10.0 Å². The molecule has 1 saturated heterocycles. The smallest absolute Gasteiger partial charge is 0.298 e. The van der Waals surface area contributed by atoms with Gasteiger partial charge in [0.1, 0.15) is 12.0 Å². The molecule has 4 heterocycles. The second-order valence-electron chi connectivity index (χ2n) is 8.58. The number of aryl methyl sites for hydroxylation is 1. The number of Topliss-reactive ketones (excluding diaryl/α,β-unsaturated/α-hetero) is 1. The highest BCUT2D eigenvalue weighted by Gasteiger charge is 2.49. The van der Waals surface area contributed by atoms with Crippen LogP contribution in [0.15, 0.2) is 48.0 Å². The van der Waals surface area contributed by atoms with E-state index in [1.807, 2.05) is 0 Å². The molecule has 0 N–H and O–H groups in total. The zero-order valence-corrected chi connectivity index (χ0v) is 21.1. The molecule has 0 unspecified atom stereocenters. The van der Waals surface area contributed by atoms with Gasteiger partial charge in [0.15, 0.2) is 10.8 Å². The molecule has 3 aromatic heterocycles. The first-order valence-corrected chi connectivity index (χ1v) is 13.0. The number of sulfonamides is 1. The van der Waals surface area contributed by atoms with Gasteiger partial charge in [-0.15, -0.1) is 0 Å². The number of carbonyl (C=O) groups is 1. The highest BCUT2D eigenvalue weighted by Crippen LogP contribution is 2.34. The molecular weight excluding hydrogens is 557 g/mol. The van der Waals surface area contributed by atoms with Crippen LogP contribution >= 0.6 is 11.6 Å². The van der Waals surface area contributed by atoms with Crippen molar-refractivity contribution in [3.05, 3.63) is 65.2 Å². The van der Waals surface area contributed by atoms with E-state index in [1.54, 1.807) is 0 Å². The lowest BCUT2D eigenvalue weighted by Gasteiger charge is -2.26. The zero-order chi connectivity index (χ0) is 27.8. The number of hydrogen-bond donors (Lipinski definition) is 0. The third-order valence-corrected chi connectivity index (χ3v) is 8.32. The Bertz CT molecular complexity index is 1440. The molecule has 3 atom stereocenters. The van der Waals surface area contributed by atoms with Gasteiger partial charge in [-0.05, 0) is 37.1 Å². The highest BCUT2D eigenvalue weighted by atomic mass is 35.5. The lowest BCUT2D eigenvalue weighted by molar-refractivity contribution is -0.145. The van der Waals surface area contributed by atoms with E-state index >= 15 is 0 Å². The van der Waals surface area contributed by atoms with Crippen LogP contribution < -0.4 is 0 Å². The van der Waals surface area contributed by atoms with Crippen molar-refractivity contribution in [1.82, 2.24) is 24.2 Å². The van der Waals surface area contributed by atoms with Gasteiger partial charge in [0.05, 0.1) is 29.0 Å². The summed E-state index contributed by atoms with van der Waals surface area (Å²) in [6.45, 7) is 1.33. The second kappa shape index (κ2) is 10.6. The first kappa shape index (κ1) is 27.9. The summed E-state index contributed by atoms with van der Waals surface area (Å²) in [5.74, 6) is -2.64. The SMILES string of the molecule is C[C@H]1[C@H](F)C[C@@H](C(=O)CCc2cc(-c3cnc(C(F)(F)F)nc3)ncc2Cl)N1S(=O)(=O)c1ccc(F)cn1. The van der Waals surface area contributed by atoms with Crippen molar-refractivity contribution in [2.75, 3.05) is 0 Å². The summed E-state index contributed by atoms with van der Waals surface area (Å²) in [4.78, 5) is 27.3. The molecule has 8 nitrogen and oxygen atoms in total. The number of ketones is 1. The minimum atomic E-state index is -4.71. The van der Waals surface area contributed by atoms with Gasteiger partial charge >= 0.3 is 6.18 Å². The van der Waals surface area contributed by atoms with Gasteiger partial charge in [0, 0.05) is 37.0 Å². The van der Waals surface area contributed by atoms with Crippen molar-refractivity contribution < 1.29 is 35.2 Å². The van der Waals surface area contributed by atoms with Crippen molar-refractivity contribution in [2.24, 2.45) is 0 Å². The normalized spacial score (nSPS) is 20.6. The molecule has 202 valence electrons. The topological polar surface area (TPSA) is 106 Å². The number of alkyl halides is 4. The number of pyridine rings is 2. The molecule has 1 aliphatic heterocycles. The van der Waals surface area contributed by atoms with Gasteiger partial charge < -0.3 is 0 Å². The largest absolute Gasteiger partial charge is 0.451 e. The average Bonchev–Trinajstić information content (AvgIpc) is 3.18.